The van der Waals surface area contributed by atoms with Crippen molar-refractivity contribution in [3.05, 3.63) is 68.8 Å². The Kier molecular flexibility index (Phi) is 6.70. The molecular formula is C22H22ClN3O4S. The van der Waals surface area contributed by atoms with E-state index in [-0.39, 0.29) is 23.3 Å². The van der Waals surface area contributed by atoms with Gasteiger partial charge in [-0.15, -0.1) is 0 Å². The van der Waals surface area contributed by atoms with Crippen molar-refractivity contribution < 1.29 is 14.3 Å². The van der Waals surface area contributed by atoms with Gasteiger partial charge in [0.1, 0.15) is 13.2 Å². The average molecular weight is 460 g/mol. The number of ether oxygens (including phenoxy) is 1. The van der Waals surface area contributed by atoms with Gasteiger partial charge in [-0.3, -0.25) is 19.1 Å². The Hall–Kier alpha value is -2.68. The molecule has 0 N–H and O–H groups in total. The molecule has 2 heterocycles. The van der Waals surface area contributed by atoms with Crippen LogP contribution >= 0.6 is 22.9 Å². The fraction of sp³-hybridized carbons (Fsp3) is 0.318. The second-order valence-electron chi connectivity index (χ2n) is 7.29. The maximum absolute atomic E-state index is 12.8. The predicted octanol–water partition coefficient (Wildman–Crippen LogP) is 2.72. The second-order valence-corrected chi connectivity index (χ2v) is 8.72. The third-order valence-electron chi connectivity index (χ3n) is 5.30. The predicted molar refractivity (Wildman–Crippen MR) is 121 cm³/mol. The van der Waals surface area contributed by atoms with Crippen molar-refractivity contribution in [1.82, 2.24) is 14.4 Å². The third kappa shape index (κ3) is 5.15. The zero-order chi connectivity index (χ0) is 21.8. The Morgan fingerprint density at radius 1 is 1.03 bits per heavy atom. The van der Waals surface area contributed by atoms with Crippen LogP contribution in [0.25, 0.3) is 10.2 Å². The highest BCUT2D eigenvalue weighted by atomic mass is 35.5. The van der Waals surface area contributed by atoms with E-state index in [0.717, 1.165) is 16.0 Å². The quantitative estimate of drug-likeness (QED) is 0.530. The summed E-state index contributed by atoms with van der Waals surface area (Å²) in [6.07, 6.45) is 0. The summed E-state index contributed by atoms with van der Waals surface area (Å²) in [5, 5.41) is 0.535. The number of thiazole rings is 1. The fourth-order valence-electron chi connectivity index (χ4n) is 3.57. The summed E-state index contributed by atoms with van der Waals surface area (Å²) in [7, 11) is 0. The van der Waals surface area contributed by atoms with Gasteiger partial charge in [0.25, 0.3) is 0 Å². The van der Waals surface area contributed by atoms with Gasteiger partial charge in [-0.2, -0.15) is 0 Å². The summed E-state index contributed by atoms with van der Waals surface area (Å²) < 4.78 is 7.64. The van der Waals surface area contributed by atoms with Crippen LogP contribution in [0, 0.1) is 0 Å². The van der Waals surface area contributed by atoms with Gasteiger partial charge in [0, 0.05) is 37.7 Å². The highest BCUT2D eigenvalue weighted by molar-refractivity contribution is 7.16. The molecule has 0 atom stereocenters. The van der Waals surface area contributed by atoms with Crippen molar-refractivity contribution in [2.75, 3.05) is 39.3 Å². The van der Waals surface area contributed by atoms with Crippen molar-refractivity contribution in [1.29, 1.82) is 0 Å². The number of carbonyl (C=O) groups excluding carboxylic acids is 2. The lowest BCUT2D eigenvalue weighted by Gasteiger charge is -2.34. The summed E-state index contributed by atoms with van der Waals surface area (Å²) in [5.74, 6) is -0.417. The number of esters is 1. The third-order valence-corrected chi connectivity index (χ3v) is 6.49. The molecule has 0 saturated carbocycles. The maximum atomic E-state index is 12.8. The van der Waals surface area contributed by atoms with E-state index in [1.807, 2.05) is 6.07 Å². The van der Waals surface area contributed by atoms with E-state index >= 15 is 0 Å². The lowest BCUT2D eigenvalue weighted by atomic mass is 10.2. The highest BCUT2D eigenvalue weighted by Gasteiger charge is 2.22. The summed E-state index contributed by atoms with van der Waals surface area (Å²) in [4.78, 5) is 40.8. The molecule has 4 rings (SSSR count). The summed E-state index contributed by atoms with van der Waals surface area (Å²) in [5.41, 5.74) is 1.23. The van der Waals surface area contributed by atoms with E-state index in [1.165, 1.54) is 4.57 Å². The fourth-order valence-corrected chi connectivity index (χ4v) is 4.60. The average Bonchev–Trinajstić information content (AvgIpc) is 3.09. The van der Waals surface area contributed by atoms with Crippen LogP contribution in [0.4, 0.5) is 0 Å². The molecule has 0 unspecified atom stereocenters. The number of nitrogens with zero attached hydrogens (tertiary/aromatic N) is 3. The van der Waals surface area contributed by atoms with Gasteiger partial charge in [0.2, 0.25) is 5.91 Å². The van der Waals surface area contributed by atoms with Crippen molar-refractivity contribution in [3.63, 3.8) is 0 Å². The standard InChI is InChI=1S/C22H22ClN3O4S/c23-17-6-7-19-18(14-17)26(22(29)31-19)15-20(27)25-10-8-24(9-11-25)12-13-30-21(28)16-4-2-1-3-5-16/h1-7,14H,8-13,15H2. The SMILES string of the molecule is O=C(OCCN1CCN(C(=O)Cn2c(=O)sc3ccc(Cl)cc32)CC1)c1ccccc1. The first kappa shape index (κ1) is 21.5. The minimum atomic E-state index is -0.331. The van der Waals surface area contributed by atoms with Crippen LogP contribution in [0.15, 0.2) is 53.3 Å². The number of benzene rings is 2. The van der Waals surface area contributed by atoms with Crippen LogP contribution in [0.5, 0.6) is 0 Å². The van der Waals surface area contributed by atoms with Crippen molar-refractivity contribution in [3.8, 4) is 0 Å². The molecule has 3 aromatic rings. The molecule has 0 aliphatic carbocycles. The Labute approximate surface area is 188 Å². The van der Waals surface area contributed by atoms with Gasteiger partial charge in [0.05, 0.1) is 15.8 Å². The first-order valence-corrected chi connectivity index (χ1v) is 11.2. The van der Waals surface area contributed by atoms with E-state index in [9.17, 15) is 14.4 Å². The molecule has 0 radical (unpaired) electrons. The summed E-state index contributed by atoms with van der Waals surface area (Å²) in [6, 6.07) is 14.2. The highest BCUT2D eigenvalue weighted by Crippen LogP contribution is 2.21. The molecule has 1 amide bonds. The Morgan fingerprint density at radius 2 is 1.77 bits per heavy atom. The van der Waals surface area contributed by atoms with E-state index < -0.39 is 0 Å². The van der Waals surface area contributed by atoms with Crippen LogP contribution in [-0.2, 0) is 16.1 Å². The second kappa shape index (κ2) is 9.64. The zero-order valence-corrected chi connectivity index (χ0v) is 18.4. The van der Waals surface area contributed by atoms with Gasteiger partial charge in [-0.1, -0.05) is 41.1 Å². The molecule has 1 fully saturated rings. The van der Waals surface area contributed by atoms with Gasteiger partial charge in [0.15, 0.2) is 0 Å². The number of fused-ring (bicyclic) bond motifs is 1. The molecule has 9 heteroatoms. The lowest BCUT2D eigenvalue weighted by Crippen LogP contribution is -2.50. The van der Waals surface area contributed by atoms with E-state index in [4.69, 9.17) is 16.3 Å². The molecular weight excluding hydrogens is 438 g/mol. The van der Waals surface area contributed by atoms with E-state index in [1.54, 1.807) is 47.4 Å². The van der Waals surface area contributed by atoms with Crippen molar-refractivity contribution in [2.45, 2.75) is 6.54 Å². The largest absolute Gasteiger partial charge is 0.461 e. The Bertz CT molecular complexity index is 1140. The minimum absolute atomic E-state index is 0.00780. The minimum Gasteiger partial charge on any atom is -0.461 e. The molecule has 2 aromatic carbocycles. The van der Waals surface area contributed by atoms with Crippen LogP contribution in [0.2, 0.25) is 5.02 Å². The van der Waals surface area contributed by atoms with Gasteiger partial charge in [-0.25, -0.2) is 4.79 Å². The van der Waals surface area contributed by atoms with Crippen LogP contribution in [0.3, 0.4) is 0 Å². The molecule has 162 valence electrons. The first-order chi connectivity index (χ1) is 15.0. The molecule has 1 aliphatic rings. The van der Waals surface area contributed by atoms with E-state index in [2.05, 4.69) is 4.90 Å². The monoisotopic (exact) mass is 459 g/mol. The molecule has 0 spiro atoms. The van der Waals surface area contributed by atoms with Gasteiger partial charge in [-0.05, 0) is 30.3 Å². The number of hydrogen-bond donors (Lipinski definition) is 0. The van der Waals surface area contributed by atoms with Gasteiger partial charge < -0.3 is 9.64 Å². The molecule has 31 heavy (non-hydrogen) atoms. The van der Waals surface area contributed by atoms with Crippen LogP contribution in [-0.4, -0.2) is 65.6 Å². The normalized spacial score (nSPS) is 14.7. The topological polar surface area (TPSA) is 71.8 Å². The van der Waals surface area contributed by atoms with Gasteiger partial charge >= 0.3 is 10.8 Å². The first-order valence-electron chi connectivity index (χ1n) is 10.0. The molecule has 0 bridgehead atoms. The van der Waals surface area contributed by atoms with Crippen molar-refractivity contribution >= 4 is 45.0 Å². The Balaban J connectivity index is 1.26. The molecule has 1 aliphatic heterocycles. The summed E-state index contributed by atoms with van der Waals surface area (Å²) in [6.45, 7) is 3.46. The maximum Gasteiger partial charge on any atom is 0.338 e. The molecule has 1 saturated heterocycles. The van der Waals surface area contributed by atoms with Crippen LogP contribution < -0.4 is 4.87 Å². The van der Waals surface area contributed by atoms with Crippen molar-refractivity contribution in [2.24, 2.45) is 0 Å². The number of halogens is 1. The number of piperazine rings is 1. The number of rotatable bonds is 6. The molecule has 7 nitrogen and oxygen atoms in total. The smallest absolute Gasteiger partial charge is 0.338 e. The Morgan fingerprint density at radius 3 is 2.52 bits per heavy atom. The van der Waals surface area contributed by atoms with E-state index in [0.29, 0.717) is 55.4 Å². The number of amides is 1. The zero-order valence-electron chi connectivity index (χ0n) is 16.8. The number of hydrogen-bond acceptors (Lipinski definition) is 6. The van der Waals surface area contributed by atoms with Crippen LogP contribution in [0.1, 0.15) is 10.4 Å². The number of aromatic nitrogens is 1. The summed E-state index contributed by atoms with van der Waals surface area (Å²) >= 11 is 7.17. The number of carbonyl (C=O) groups is 2. The molecule has 1 aromatic heterocycles. The lowest BCUT2D eigenvalue weighted by molar-refractivity contribution is -0.133.